The van der Waals surface area contributed by atoms with Crippen molar-refractivity contribution in [2.45, 2.75) is 0 Å². The van der Waals surface area contributed by atoms with Crippen LogP contribution in [-0.2, 0) is 0 Å². The van der Waals surface area contributed by atoms with E-state index in [4.69, 9.17) is 4.42 Å². The number of aromatic nitrogens is 1. The van der Waals surface area contributed by atoms with Crippen molar-refractivity contribution in [3.63, 3.8) is 0 Å². The first-order valence-electron chi connectivity index (χ1n) is 20.8. The van der Waals surface area contributed by atoms with Gasteiger partial charge in [0.25, 0.3) is 0 Å². The van der Waals surface area contributed by atoms with Crippen LogP contribution in [-0.4, -0.2) is 4.57 Å². The largest absolute Gasteiger partial charge is 0.455 e. The summed E-state index contributed by atoms with van der Waals surface area (Å²) in [4.78, 5) is 2.39. The predicted molar refractivity (Wildman–Crippen MR) is 257 cm³/mol. The van der Waals surface area contributed by atoms with Crippen LogP contribution >= 0.6 is 0 Å². The van der Waals surface area contributed by atoms with E-state index in [-0.39, 0.29) is 0 Å². The molecule has 10 aromatic carbocycles. The first kappa shape index (κ1) is 34.9. The van der Waals surface area contributed by atoms with E-state index < -0.39 is 0 Å². The minimum atomic E-state index is 0.897. The van der Waals surface area contributed by atoms with Crippen LogP contribution in [0.5, 0.6) is 0 Å². The lowest BCUT2D eigenvalue weighted by atomic mass is 9.94. The van der Waals surface area contributed by atoms with Gasteiger partial charge in [-0.15, -0.1) is 0 Å². The molecule has 0 aliphatic heterocycles. The smallest absolute Gasteiger partial charge is 0.143 e. The summed E-state index contributed by atoms with van der Waals surface area (Å²) in [5.41, 5.74) is 15.5. The summed E-state index contributed by atoms with van der Waals surface area (Å²) in [6, 6.07) is 82.9. The second kappa shape index (κ2) is 14.3. The van der Waals surface area contributed by atoms with Crippen LogP contribution in [0.4, 0.5) is 17.1 Å². The van der Waals surface area contributed by atoms with E-state index in [0.717, 1.165) is 77.7 Å². The Balaban J connectivity index is 1.00. The average molecular weight is 779 g/mol. The summed E-state index contributed by atoms with van der Waals surface area (Å²) < 4.78 is 9.05. The lowest BCUT2D eigenvalue weighted by molar-refractivity contribution is 0.673. The highest BCUT2D eigenvalue weighted by Gasteiger charge is 2.21. The molecule has 0 aliphatic rings. The molecule has 2 aromatic heterocycles. The molecule has 0 bridgehead atoms. The fourth-order valence-electron chi connectivity index (χ4n) is 9.36. The number of fused-ring (bicyclic) bond motifs is 8. The van der Waals surface area contributed by atoms with Crippen LogP contribution in [0.2, 0.25) is 0 Å². The Labute approximate surface area is 353 Å². The SMILES string of the molecule is c1ccc(-c2ccc(N(c3ccc(-c4cccc(-n5c6ccccc6c6ccccc65)c4)cc3)c3ccccc3-c3cccc4ccc5c6ccccc6oc5c34)cc2)cc1. The lowest BCUT2D eigenvalue weighted by Crippen LogP contribution is -2.11. The third kappa shape index (κ3) is 5.82. The van der Waals surface area contributed by atoms with Gasteiger partial charge in [-0.1, -0.05) is 164 Å². The van der Waals surface area contributed by atoms with Gasteiger partial charge in [0.1, 0.15) is 11.2 Å². The molecule has 0 N–H and O–H groups in total. The highest BCUT2D eigenvalue weighted by Crippen LogP contribution is 2.46. The molecule has 61 heavy (non-hydrogen) atoms. The third-order valence-corrected chi connectivity index (χ3v) is 12.2. The number of hydrogen-bond acceptors (Lipinski definition) is 2. The van der Waals surface area contributed by atoms with Gasteiger partial charge in [0.05, 0.1) is 16.7 Å². The third-order valence-electron chi connectivity index (χ3n) is 12.2. The average Bonchev–Trinajstić information content (AvgIpc) is 3.89. The van der Waals surface area contributed by atoms with Crippen molar-refractivity contribution in [3.8, 4) is 39.1 Å². The van der Waals surface area contributed by atoms with Gasteiger partial charge in [0.2, 0.25) is 0 Å². The molecule has 12 rings (SSSR count). The van der Waals surface area contributed by atoms with E-state index in [1.165, 1.54) is 32.9 Å². The zero-order chi connectivity index (χ0) is 40.3. The van der Waals surface area contributed by atoms with Crippen molar-refractivity contribution < 1.29 is 4.42 Å². The first-order valence-corrected chi connectivity index (χ1v) is 20.8. The van der Waals surface area contributed by atoms with Crippen molar-refractivity contribution in [1.29, 1.82) is 0 Å². The zero-order valence-electron chi connectivity index (χ0n) is 33.2. The van der Waals surface area contributed by atoms with Crippen molar-refractivity contribution in [3.05, 3.63) is 231 Å². The standard InChI is InChI=1S/C58H38N2O/c1-2-14-39(15-3-1)40-28-33-44(34-29-40)59(53-24-8-6-21-49(53)51-23-13-16-42-32-37-52-50-22-7-11-27-56(50)61-58(52)57(42)51)45-35-30-41(31-36-45)43-17-12-18-46(38-43)60-54-25-9-4-19-47(54)48-20-5-10-26-55(48)60/h1-38H. The molecule has 0 saturated carbocycles. The van der Waals surface area contributed by atoms with Gasteiger partial charge in [-0.3, -0.25) is 0 Å². The molecular formula is C58H38N2O. The molecule has 12 aromatic rings. The Bertz CT molecular complexity index is 3520. The number of hydrogen-bond donors (Lipinski definition) is 0. The normalized spacial score (nSPS) is 11.6. The second-order valence-corrected chi connectivity index (χ2v) is 15.7. The van der Waals surface area contributed by atoms with Crippen molar-refractivity contribution >= 4 is 71.6 Å². The molecule has 2 heterocycles. The molecule has 0 saturated heterocycles. The van der Waals surface area contributed by atoms with E-state index >= 15 is 0 Å². The summed E-state index contributed by atoms with van der Waals surface area (Å²) in [5.74, 6) is 0. The number of nitrogens with zero attached hydrogens (tertiary/aromatic N) is 2. The summed E-state index contributed by atoms with van der Waals surface area (Å²) in [6.45, 7) is 0. The van der Waals surface area contributed by atoms with Crippen LogP contribution in [0, 0.1) is 0 Å². The van der Waals surface area contributed by atoms with Gasteiger partial charge >= 0.3 is 0 Å². The van der Waals surface area contributed by atoms with Gasteiger partial charge < -0.3 is 13.9 Å². The minimum absolute atomic E-state index is 0.897. The quantitative estimate of drug-likeness (QED) is 0.161. The maximum absolute atomic E-state index is 6.67. The van der Waals surface area contributed by atoms with Crippen LogP contribution in [0.25, 0.3) is 93.6 Å². The van der Waals surface area contributed by atoms with Crippen molar-refractivity contribution in [2.24, 2.45) is 0 Å². The van der Waals surface area contributed by atoms with Crippen LogP contribution in [0.15, 0.2) is 235 Å². The molecule has 0 unspecified atom stereocenters. The Kier molecular flexibility index (Phi) is 8.17. The van der Waals surface area contributed by atoms with Crippen LogP contribution in [0.3, 0.4) is 0 Å². The number of anilines is 3. The first-order chi connectivity index (χ1) is 30.3. The van der Waals surface area contributed by atoms with Gasteiger partial charge in [0.15, 0.2) is 0 Å². The van der Waals surface area contributed by atoms with Gasteiger partial charge in [-0.2, -0.15) is 0 Å². The molecule has 0 fully saturated rings. The molecule has 0 aliphatic carbocycles. The maximum atomic E-state index is 6.67. The summed E-state index contributed by atoms with van der Waals surface area (Å²) in [5, 5.41) is 7.03. The summed E-state index contributed by atoms with van der Waals surface area (Å²) in [6.07, 6.45) is 0. The molecule has 0 atom stereocenters. The Morgan fingerprint density at radius 3 is 1.66 bits per heavy atom. The van der Waals surface area contributed by atoms with E-state index in [1.807, 2.05) is 6.07 Å². The molecule has 0 spiro atoms. The Morgan fingerprint density at radius 1 is 0.361 bits per heavy atom. The predicted octanol–water partition coefficient (Wildman–Crippen LogP) is 16.3. The topological polar surface area (TPSA) is 21.3 Å². The van der Waals surface area contributed by atoms with E-state index in [0.29, 0.717) is 0 Å². The molecule has 286 valence electrons. The minimum Gasteiger partial charge on any atom is -0.455 e. The van der Waals surface area contributed by atoms with Crippen molar-refractivity contribution in [2.75, 3.05) is 4.90 Å². The number of benzene rings is 10. The monoisotopic (exact) mass is 778 g/mol. The lowest BCUT2D eigenvalue weighted by Gasteiger charge is -2.28. The zero-order valence-corrected chi connectivity index (χ0v) is 33.2. The van der Waals surface area contributed by atoms with Crippen LogP contribution < -0.4 is 4.90 Å². The fraction of sp³-hybridized carbons (Fsp3) is 0. The van der Waals surface area contributed by atoms with E-state index in [2.05, 4.69) is 234 Å². The van der Waals surface area contributed by atoms with E-state index in [1.54, 1.807) is 0 Å². The Morgan fingerprint density at radius 2 is 0.918 bits per heavy atom. The molecule has 0 amide bonds. The van der Waals surface area contributed by atoms with Crippen LogP contribution in [0.1, 0.15) is 0 Å². The van der Waals surface area contributed by atoms with Gasteiger partial charge in [-0.25, -0.2) is 0 Å². The highest BCUT2D eigenvalue weighted by atomic mass is 16.3. The summed E-state index contributed by atoms with van der Waals surface area (Å²) >= 11 is 0. The van der Waals surface area contributed by atoms with E-state index in [9.17, 15) is 0 Å². The molecule has 3 heteroatoms. The van der Waals surface area contributed by atoms with Gasteiger partial charge in [-0.05, 0) is 99.9 Å². The van der Waals surface area contributed by atoms with Crippen molar-refractivity contribution in [1.82, 2.24) is 4.57 Å². The highest BCUT2D eigenvalue weighted by molar-refractivity contribution is 6.19. The number of rotatable bonds is 7. The fourth-order valence-corrected chi connectivity index (χ4v) is 9.36. The number of furan rings is 1. The van der Waals surface area contributed by atoms with Gasteiger partial charge in [0, 0.05) is 49.6 Å². The molecule has 3 nitrogen and oxygen atoms in total. The number of para-hydroxylation sites is 4. The second-order valence-electron chi connectivity index (χ2n) is 15.7. The Hall–Kier alpha value is -8.14. The molecular weight excluding hydrogens is 741 g/mol. The summed E-state index contributed by atoms with van der Waals surface area (Å²) in [7, 11) is 0. The molecule has 0 radical (unpaired) electrons. The maximum Gasteiger partial charge on any atom is 0.143 e.